The Bertz CT molecular complexity index is 393. The summed E-state index contributed by atoms with van der Waals surface area (Å²) in [6, 6.07) is 0. The molecular formula is C11H15N3O3. The van der Waals surface area contributed by atoms with Gasteiger partial charge < -0.3 is 9.64 Å². The summed E-state index contributed by atoms with van der Waals surface area (Å²) < 4.78 is 4.96. The molecule has 0 aromatic carbocycles. The minimum atomic E-state index is -1.42. The van der Waals surface area contributed by atoms with Crippen molar-refractivity contribution in [3.8, 4) is 0 Å². The van der Waals surface area contributed by atoms with Gasteiger partial charge in [0.1, 0.15) is 0 Å². The number of rotatable bonds is 4. The van der Waals surface area contributed by atoms with E-state index in [1.807, 2.05) is 0 Å². The molecule has 1 fully saturated rings. The van der Waals surface area contributed by atoms with Crippen molar-refractivity contribution in [2.75, 3.05) is 26.2 Å². The van der Waals surface area contributed by atoms with Gasteiger partial charge in [-0.15, -0.1) is 6.58 Å². The van der Waals surface area contributed by atoms with E-state index in [-0.39, 0.29) is 18.4 Å². The summed E-state index contributed by atoms with van der Waals surface area (Å²) in [5.74, 6) is -1.10. The molecule has 2 heterocycles. The van der Waals surface area contributed by atoms with Crippen LogP contribution in [0.3, 0.4) is 0 Å². The van der Waals surface area contributed by atoms with Crippen molar-refractivity contribution >= 4 is 11.9 Å². The number of azo groups is 1. The largest absolute Gasteiger partial charge is 0.464 e. The minimum absolute atomic E-state index is 0.200. The zero-order valence-corrected chi connectivity index (χ0v) is 9.76. The summed E-state index contributed by atoms with van der Waals surface area (Å²) in [6.07, 6.45) is 1.63. The predicted molar refractivity (Wildman–Crippen MR) is 59.4 cm³/mol. The Morgan fingerprint density at radius 2 is 2.53 bits per heavy atom. The number of esters is 1. The zero-order chi connectivity index (χ0) is 12.5. The van der Waals surface area contributed by atoms with Crippen molar-refractivity contribution in [3.05, 3.63) is 12.7 Å². The molecule has 92 valence electrons. The van der Waals surface area contributed by atoms with Crippen molar-refractivity contribution in [1.82, 2.24) is 4.90 Å². The smallest absolute Gasteiger partial charge is 0.346 e. The van der Waals surface area contributed by atoms with E-state index < -0.39 is 11.5 Å². The monoisotopic (exact) mass is 237 g/mol. The second-order valence-corrected chi connectivity index (χ2v) is 4.11. The van der Waals surface area contributed by atoms with Crippen molar-refractivity contribution in [2.24, 2.45) is 16.1 Å². The van der Waals surface area contributed by atoms with Crippen LogP contribution in [0.1, 0.15) is 6.92 Å². The van der Waals surface area contributed by atoms with E-state index in [1.165, 1.54) is 0 Å². The molecule has 6 heteroatoms. The normalized spacial score (nSPS) is 30.5. The fourth-order valence-electron chi connectivity index (χ4n) is 2.31. The molecule has 2 rings (SSSR count). The van der Waals surface area contributed by atoms with Crippen LogP contribution in [0.15, 0.2) is 22.9 Å². The van der Waals surface area contributed by atoms with Gasteiger partial charge >= 0.3 is 5.97 Å². The Labute approximate surface area is 99.3 Å². The summed E-state index contributed by atoms with van der Waals surface area (Å²) in [4.78, 5) is 25.8. The molecule has 0 aromatic rings. The van der Waals surface area contributed by atoms with E-state index in [0.29, 0.717) is 19.6 Å². The number of carbonyl (C=O) groups excluding carboxylic acids is 2. The maximum absolute atomic E-state index is 12.2. The van der Waals surface area contributed by atoms with Gasteiger partial charge in [-0.05, 0) is 6.92 Å². The third-order valence-electron chi connectivity index (χ3n) is 3.11. The first-order chi connectivity index (χ1) is 8.16. The molecule has 0 aliphatic carbocycles. The van der Waals surface area contributed by atoms with Gasteiger partial charge in [-0.2, -0.15) is 10.2 Å². The summed E-state index contributed by atoms with van der Waals surface area (Å²) >= 11 is 0. The fraction of sp³-hybridized carbons (Fsp3) is 0.636. The molecule has 1 amide bonds. The number of amides is 1. The van der Waals surface area contributed by atoms with E-state index in [4.69, 9.17) is 4.74 Å². The molecule has 0 radical (unpaired) electrons. The highest BCUT2D eigenvalue weighted by Crippen LogP contribution is 2.38. The van der Waals surface area contributed by atoms with E-state index in [1.54, 1.807) is 17.9 Å². The van der Waals surface area contributed by atoms with E-state index in [2.05, 4.69) is 16.8 Å². The van der Waals surface area contributed by atoms with Gasteiger partial charge in [0.2, 0.25) is 0 Å². The number of fused-ring (bicyclic) bond motifs is 1. The number of likely N-dealkylation sites (tertiary alicyclic amines) is 1. The van der Waals surface area contributed by atoms with Gasteiger partial charge in [0.25, 0.3) is 11.4 Å². The molecule has 0 saturated carbocycles. The van der Waals surface area contributed by atoms with Gasteiger partial charge in [0.15, 0.2) is 0 Å². The summed E-state index contributed by atoms with van der Waals surface area (Å²) in [7, 11) is 0. The highest BCUT2D eigenvalue weighted by Gasteiger charge is 2.63. The van der Waals surface area contributed by atoms with Crippen LogP contribution in [0.2, 0.25) is 0 Å². The molecule has 0 aromatic heterocycles. The summed E-state index contributed by atoms with van der Waals surface area (Å²) in [6.45, 7) is 6.84. The van der Waals surface area contributed by atoms with Gasteiger partial charge in [-0.1, -0.05) is 6.08 Å². The van der Waals surface area contributed by atoms with Crippen LogP contribution in [-0.2, 0) is 14.3 Å². The Balaban J connectivity index is 2.29. The number of hydrogen-bond acceptors (Lipinski definition) is 5. The average Bonchev–Trinajstić information content (AvgIpc) is 2.81. The van der Waals surface area contributed by atoms with Crippen molar-refractivity contribution in [1.29, 1.82) is 0 Å². The van der Waals surface area contributed by atoms with Crippen molar-refractivity contribution in [3.63, 3.8) is 0 Å². The number of hydrogen-bond donors (Lipinski definition) is 0. The molecule has 0 spiro atoms. The number of ether oxygens (including phenoxy) is 1. The van der Waals surface area contributed by atoms with Crippen LogP contribution in [0, 0.1) is 5.92 Å². The van der Waals surface area contributed by atoms with Crippen LogP contribution < -0.4 is 0 Å². The van der Waals surface area contributed by atoms with Crippen LogP contribution in [-0.4, -0.2) is 48.6 Å². The molecule has 6 nitrogen and oxygen atoms in total. The predicted octanol–water partition coefficient (Wildman–Crippen LogP) is 0.398. The minimum Gasteiger partial charge on any atom is -0.464 e. The first-order valence-corrected chi connectivity index (χ1v) is 5.63. The standard InChI is InChI=1S/C11H15N3O3/c1-3-5-14-7-8-6-12-13-11(8,9(14)15)10(16)17-4-2/h3,8H,1,4-7H2,2H3. The maximum atomic E-state index is 12.2. The molecule has 2 aliphatic rings. The van der Waals surface area contributed by atoms with Crippen LogP contribution in [0.25, 0.3) is 0 Å². The summed E-state index contributed by atoms with van der Waals surface area (Å²) in [5.41, 5.74) is -1.42. The molecule has 2 unspecified atom stereocenters. The SMILES string of the molecule is C=CCN1CC2CN=NC2(C(=O)OCC)C1=O. The lowest BCUT2D eigenvalue weighted by molar-refractivity contribution is -0.155. The van der Waals surface area contributed by atoms with Crippen molar-refractivity contribution in [2.45, 2.75) is 12.5 Å². The van der Waals surface area contributed by atoms with Gasteiger partial charge in [0, 0.05) is 19.0 Å². The Morgan fingerprint density at radius 3 is 3.18 bits per heavy atom. The highest BCUT2D eigenvalue weighted by atomic mass is 16.5. The molecular weight excluding hydrogens is 222 g/mol. The third kappa shape index (κ3) is 1.55. The van der Waals surface area contributed by atoms with Crippen LogP contribution in [0.5, 0.6) is 0 Å². The number of carbonyl (C=O) groups is 2. The Kier molecular flexibility index (Phi) is 2.95. The van der Waals surface area contributed by atoms with Gasteiger partial charge in [-0.25, -0.2) is 4.79 Å². The second-order valence-electron chi connectivity index (χ2n) is 4.11. The van der Waals surface area contributed by atoms with E-state index in [9.17, 15) is 9.59 Å². The van der Waals surface area contributed by atoms with E-state index >= 15 is 0 Å². The maximum Gasteiger partial charge on any atom is 0.346 e. The lowest BCUT2D eigenvalue weighted by atomic mass is 9.88. The lowest BCUT2D eigenvalue weighted by Gasteiger charge is -2.19. The highest BCUT2D eigenvalue weighted by molar-refractivity contribution is 6.10. The van der Waals surface area contributed by atoms with E-state index in [0.717, 1.165) is 0 Å². The summed E-state index contributed by atoms with van der Waals surface area (Å²) in [5, 5.41) is 7.73. The second kappa shape index (κ2) is 4.27. The van der Waals surface area contributed by atoms with Crippen LogP contribution >= 0.6 is 0 Å². The molecule has 2 aliphatic heterocycles. The van der Waals surface area contributed by atoms with Gasteiger partial charge in [0.05, 0.1) is 13.2 Å². The Morgan fingerprint density at radius 1 is 1.76 bits per heavy atom. The first kappa shape index (κ1) is 11.8. The lowest BCUT2D eigenvalue weighted by Crippen LogP contribution is -2.48. The fourth-order valence-corrected chi connectivity index (χ4v) is 2.31. The van der Waals surface area contributed by atoms with Crippen LogP contribution in [0.4, 0.5) is 0 Å². The van der Waals surface area contributed by atoms with Crippen molar-refractivity contribution < 1.29 is 14.3 Å². The topological polar surface area (TPSA) is 71.3 Å². The van der Waals surface area contributed by atoms with Gasteiger partial charge in [-0.3, -0.25) is 4.79 Å². The molecule has 1 saturated heterocycles. The molecule has 0 N–H and O–H groups in total. The first-order valence-electron chi connectivity index (χ1n) is 5.63. The number of nitrogens with zero attached hydrogens (tertiary/aromatic N) is 3. The Hall–Kier alpha value is -1.72. The zero-order valence-electron chi connectivity index (χ0n) is 9.76. The quantitative estimate of drug-likeness (QED) is 0.403. The molecule has 2 atom stereocenters. The average molecular weight is 237 g/mol. The molecule has 0 bridgehead atoms. The third-order valence-corrected chi connectivity index (χ3v) is 3.11. The molecule has 17 heavy (non-hydrogen) atoms.